The Morgan fingerprint density at radius 2 is 1.94 bits per heavy atom. The summed E-state index contributed by atoms with van der Waals surface area (Å²) in [6.07, 6.45) is 6.90. The van der Waals surface area contributed by atoms with Crippen LogP contribution in [0.5, 0.6) is 0 Å². The predicted octanol–water partition coefficient (Wildman–Crippen LogP) is 5.44. The van der Waals surface area contributed by atoms with Gasteiger partial charge in [-0.2, -0.15) is 0 Å². The highest BCUT2D eigenvalue weighted by molar-refractivity contribution is 9.11. The first-order chi connectivity index (χ1) is 8.72. The molecule has 1 atom stereocenters. The average molecular weight is 375 g/mol. The summed E-state index contributed by atoms with van der Waals surface area (Å²) in [5.74, 6) is 0.782. The number of nitrogens with one attached hydrogen (secondary N) is 1. The van der Waals surface area contributed by atoms with E-state index in [-0.39, 0.29) is 0 Å². The molecule has 0 spiro atoms. The van der Waals surface area contributed by atoms with Gasteiger partial charge in [0.25, 0.3) is 0 Å². The molecule has 3 heteroatoms. The van der Waals surface area contributed by atoms with Crippen molar-refractivity contribution >= 4 is 31.9 Å². The molecule has 0 saturated heterocycles. The van der Waals surface area contributed by atoms with E-state index in [1.807, 2.05) is 0 Å². The molecule has 1 nitrogen and oxygen atoms in total. The van der Waals surface area contributed by atoms with Crippen LogP contribution in [0.15, 0.2) is 27.1 Å². The zero-order valence-corrected chi connectivity index (χ0v) is 14.1. The zero-order chi connectivity index (χ0) is 13.0. The van der Waals surface area contributed by atoms with E-state index in [2.05, 4.69) is 62.3 Å². The van der Waals surface area contributed by atoms with Gasteiger partial charge in [-0.3, -0.25) is 0 Å². The summed E-state index contributed by atoms with van der Waals surface area (Å²) in [6.45, 7) is 3.22. The van der Waals surface area contributed by atoms with E-state index in [0.717, 1.165) is 12.5 Å². The lowest BCUT2D eigenvalue weighted by Crippen LogP contribution is -2.30. The lowest BCUT2D eigenvalue weighted by atomic mass is 9.81. The minimum atomic E-state index is 0.488. The molecule has 0 aliphatic heterocycles. The van der Waals surface area contributed by atoms with Crippen molar-refractivity contribution in [1.82, 2.24) is 5.32 Å². The van der Waals surface area contributed by atoms with Crippen molar-refractivity contribution < 1.29 is 0 Å². The number of benzene rings is 1. The second-order valence-electron chi connectivity index (χ2n) is 5.10. The minimum absolute atomic E-state index is 0.488. The summed E-state index contributed by atoms with van der Waals surface area (Å²) >= 11 is 7.30. The lowest BCUT2D eigenvalue weighted by Gasteiger charge is -2.32. The van der Waals surface area contributed by atoms with Crippen molar-refractivity contribution in [3.63, 3.8) is 0 Å². The van der Waals surface area contributed by atoms with E-state index >= 15 is 0 Å². The Labute approximate surface area is 127 Å². The first-order valence-corrected chi connectivity index (χ1v) is 8.49. The molecule has 1 aliphatic rings. The highest BCUT2D eigenvalue weighted by Crippen LogP contribution is 2.38. The van der Waals surface area contributed by atoms with Gasteiger partial charge in [0.2, 0.25) is 0 Å². The molecule has 0 radical (unpaired) electrons. The molecule has 1 unspecified atom stereocenters. The second-order valence-corrected chi connectivity index (χ2v) is 6.87. The van der Waals surface area contributed by atoms with Crippen molar-refractivity contribution in [1.29, 1.82) is 0 Å². The molecule has 0 bridgehead atoms. The summed E-state index contributed by atoms with van der Waals surface area (Å²) in [6, 6.07) is 6.98. The fourth-order valence-electron chi connectivity index (χ4n) is 2.97. The van der Waals surface area contributed by atoms with Gasteiger partial charge in [-0.05, 0) is 49.1 Å². The standard InChI is InChI=1S/C15H21Br2N/c1-2-18-15(11-6-4-3-5-7-11)13-10-12(16)8-9-14(13)17/h8-11,15,18H,2-7H2,1H3. The fraction of sp³-hybridized carbons (Fsp3) is 0.600. The molecule has 1 aromatic rings. The van der Waals surface area contributed by atoms with Gasteiger partial charge in [0.05, 0.1) is 0 Å². The van der Waals surface area contributed by atoms with E-state index in [1.54, 1.807) is 0 Å². The Balaban J connectivity index is 2.24. The molecule has 1 saturated carbocycles. The SMILES string of the molecule is CCNC(c1cc(Br)ccc1Br)C1CCCCC1. The van der Waals surface area contributed by atoms with Gasteiger partial charge in [-0.15, -0.1) is 0 Å². The van der Waals surface area contributed by atoms with Crippen LogP contribution in [0.4, 0.5) is 0 Å². The van der Waals surface area contributed by atoms with Crippen molar-refractivity contribution in [2.75, 3.05) is 6.54 Å². The molecule has 1 N–H and O–H groups in total. The third-order valence-electron chi connectivity index (χ3n) is 3.84. The van der Waals surface area contributed by atoms with Crippen molar-refractivity contribution in [2.45, 2.75) is 45.1 Å². The first kappa shape index (κ1) is 14.5. The lowest BCUT2D eigenvalue weighted by molar-refractivity contribution is 0.274. The van der Waals surface area contributed by atoms with Crippen LogP contribution in [-0.2, 0) is 0 Å². The van der Waals surface area contributed by atoms with Crippen molar-refractivity contribution in [3.05, 3.63) is 32.7 Å². The quantitative estimate of drug-likeness (QED) is 0.739. The van der Waals surface area contributed by atoms with Gasteiger partial charge < -0.3 is 5.32 Å². The zero-order valence-electron chi connectivity index (χ0n) is 10.9. The largest absolute Gasteiger partial charge is 0.310 e. The van der Waals surface area contributed by atoms with E-state index in [1.165, 1.54) is 46.6 Å². The van der Waals surface area contributed by atoms with Gasteiger partial charge in [-0.1, -0.05) is 58.0 Å². The number of halogens is 2. The van der Waals surface area contributed by atoms with E-state index in [9.17, 15) is 0 Å². The summed E-state index contributed by atoms with van der Waals surface area (Å²) in [4.78, 5) is 0. The monoisotopic (exact) mass is 373 g/mol. The molecule has 1 fully saturated rings. The van der Waals surface area contributed by atoms with Crippen LogP contribution in [0.3, 0.4) is 0 Å². The first-order valence-electron chi connectivity index (χ1n) is 6.90. The van der Waals surface area contributed by atoms with Gasteiger partial charge >= 0.3 is 0 Å². The van der Waals surface area contributed by atoms with Crippen LogP contribution in [0, 0.1) is 5.92 Å². The Kier molecular flexibility index (Phi) is 5.71. The van der Waals surface area contributed by atoms with E-state index in [4.69, 9.17) is 0 Å². The molecular formula is C15H21Br2N. The molecule has 1 aromatic carbocycles. The van der Waals surface area contributed by atoms with E-state index < -0.39 is 0 Å². The minimum Gasteiger partial charge on any atom is -0.310 e. The maximum Gasteiger partial charge on any atom is 0.0360 e. The van der Waals surface area contributed by atoms with Crippen LogP contribution in [0.1, 0.15) is 50.6 Å². The Hall–Kier alpha value is 0.140. The molecule has 1 aliphatic carbocycles. The number of hydrogen-bond acceptors (Lipinski definition) is 1. The Morgan fingerprint density at radius 3 is 2.61 bits per heavy atom. The molecular weight excluding hydrogens is 354 g/mol. The highest BCUT2D eigenvalue weighted by Gasteiger charge is 2.25. The summed E-state index contributed by atoms with van der Waals surface area (Å²) in [5, 5.41) is 3.69. The summed E-state index contributed by atoms with van der Waals surface area (Å²) in [5.41, 5.74) is 1.40. The fourth-order valence-corrected chi connectivity index (χ4v) is 3.84. The van der Waals surface area contributed by atoms with Crippen LogP contribution >= 0.6 is 31.9 Å². The normalized spacial score (nSPS) is 18.8. The second kappa shape index (κ2) is 7.06. The van der Waals surface area contributed by atoms with Gasteiger partial charge in [0.1, 0.15) is 0 Å². The molecule has 0 heterocycles. The molecule has 100 valence electrons. The molecule has 0 aromatic heterocycles. The summed E-state index contributed by atoms with van der Waals surface area (Å²) < 4.78 is 2.39. The molecule has 0 amide bonds. The average Bonchev–Trinajstić information content (AvgIpc) is 2.40. The third-order valence-corrected chi connectivity index (χ3v) is 5.05. The van der Waals surface area contributed by atoms with Crippen LogP contribution in [-0.4, -0.2) is 6.54 Å². The third kappa shape index (κ3) is 3.58. The van der Waals surface area contributed by atoms with Crippen molar-refractivity contribution in [2.24, 2.45) is 5.92 Å². The van der Waals surface area contributed by atoms with Gasteiger partial charge in [0, 0.05) is 15.0 Å². The Bertz CT molecular complexity index is 386. The topological polar surface area (TPSA) is 12.0 Å². The van der Waals surface area contributed by atoms with E-state index in [0.29, 0.717) is 6.04 Å². The molecule has 18 heavy (non-hydrogen) atoms. The van der Waals surface area contributed by atoms with Gasteiger partial charge in [-0.25, -0.2) is 0 Å². The van der Waals surface area contributed by atoms with Crippen LogP contribution in [0.2, 0.25) is 0 Å². The number of hydrogen-bond donors (Lipinski definition) is 1. The molecule has 2 rings (SSSR count). The number of rotatable bonds is 4. The van der Waals surface area contributed by atoms with Crippen molar-refractivity contribution in [3.8, 4) is 0 Å². The Morgan fingerprint density at radius 1 is 1.22 bits per heavy atom. The maximum atomic E-state index is 3.71. The predicted molar refractivity (Wildman–Crippen MR) is 84.8 cm³/mol. The van der Waals surface area contributed by atoms with Crippen LogP contribution in [0.25, 0.3) is 0 Å². The smallest absolute Gasteiger partial charge is 0.0360 e. The highest BCUT2D eigenvalue weighted by atomic mass is 79.9. The van der Waals surface area contributed by atoms with Crippen LogP contribution < -0.4 is 5.32 Å². The van der Waals surface area contributed by atoms with Gasteiger partial charge in [0.15, 0.2) is 0 Å². The maximum absolute atomic E-state index is 3.71. The summed E-state index contributed by atoms with van der Waals surface area (Å²) in [7, 11) is 0.